The number of allylic oxidation sites excluding steroid dienone is 1. The lowest BCUT2D eigenvalue weighted by Crippen LogP contribution is -2.37. The minimum absolute atomic E-state index is 0.0399. The van der Waals surface area contributed by atoms with Crippen molar-refractivity contribution in [3.63, 3.8) is 0 Å². The van der Waals surface area contributed by atoms with Crippen molar-refractivity contribution in [2.24, 2.45) is 0 Å². The molecule has 140 valence electrons. The number of benzene rings is 1. The largest absolute Gasteiger partial charge is 0.373 e. The highest BCUT2D eigenvalue weighted by molar-refractivity contribution is 6.40. The van der Waals surface area contributed by atoms with Crippen molar-refractivity contribution < 1.29 is 14.4 Å². The molecule has 6 nitrogen and oxygen atoms in total. The second-order valence-electron chi connectivity index (χ2n) is 6.23. The molecule has 0 saturated carbocycles. The second-order valence-corrected chi connectivity index (χ2v) is 7.05. The van der Waals surface area contributed by atoms with Crippen LogP contribution in [0, 0.1) is 0 Å². The zero-order chi connectivity index (χ0) is 19.6. The van der Waals surface area contributed by atoms with Crippen LogP contribution in [-0.2, 0) is 14.4 Å². The standard InChI is InChI=1S/C18H21Cl2N3O3/c1-5-21-17(25)10(4)22-14-8-15(13(20)7-12(14)19)23-16(24)6-11(9(2)3)18(23)26/h7-8,10,22H,5-6H2,1-4H3,(H,21,25). The molecule has 1 heterocycles. The van der Waals surface area contributed by atoms with Crippen molar-refractivity contribution in [1.82, 2.24) is 5.32 Å². The number of likely N-dealkylation sites (N-methyl/N-ethyl adjacent to an activating group) is 1. The Labute approximate surface area is 162 Å². The summed E-state index contributed by atoms with van der Waals surface area (Å²) in [4.78, 5) is 37.9. The predicted octanol–water partition coefficient (Wildman–Crippen LogP) is 3.53. The van der Waals surface area contributed by atoms with E-state index < -0.39 is 6.04 Å². The van der Waals surface area contributed by atoms with Crippen molar-refractivity contribution in [3.8, 4) is 0 Å². The second kappa shape index (κ2) is 8.10. The van der Waals surface area contributed by atoms with Gasteiger partial charge in [0.15, 0.2) is 0 Å². The molecule has 2 N–H and O–H groups in total. The van der Waals surface area contributed by atoms with Gasteiger partial charge in [-0.1, -0.05) is 28.8 Å². The molecule has 0 spiro atoms. The molecule has 1 aromatic carbocycles. The normalized spacial score (nSPS) is 15.3. The summed E-state index contributed by atoms with van der Waals surface area (Å²) >= 11 is 12.4. The summed E-state index contributed by atoms with van der Waals surface area (Å²) < 4.78 is 0. The smallest absolute Gasteiger partial charge is 0.261 e. The number of hydrogen-bond donors (Lipinski definition) is 2. The quantitative estimate of drug-likeness (QED) is 0.588. The monoisotopic (exact) mass is 397 g/mol. The Kier molecular flexibility index (Phi) is 6.31. The van der Waals surface area contributed by atoms with Gasteiger partial charge in [0, 0.05) is 12.1 Å². The topological polar surface area (TPSA) is 78.5 Å². The fraction of sp³-hybridized carbons (Fsp3) is 0.389. The Balaban J connectivity index is 2.39. The zero-order valence-electron chi connectivity index (χ0n) is 15.1. The van der Waals surface area contributed by atoms with Crippen LogP contribution < -0.4 is 15.5 Å². The number of nitrogens with one attached hydrogen (secondary N) is 2. The van der Waals surface area contributed by atoms with Crippen LogP contribution in [0.4, 0.5) is 11.4 Å². The van der Waals surface area contributed by atoms with Gasteiger partial charge >= 0.3 is 0 Å². The number of amides is 3. The van der Waals surface area contributed by atoms with Gasteiger partial charge in [0.1, 0.15) is 6.04 Å². The lowest BCUT2D eigenvalue weighted by atomic mass is 10.1. The van der Waals surface area contributed by atoms with Crippen LogP contribution in [0.1, 0.15) is 34.1 Å². The third-order valence-corrected chi connectivity index (χ3v) is 4.65. The molecule has 1 atom stereocenters. The Morgan fingerprint density at radius 3 is 2.42 bits per heavy atom. The molecule has 26 heavy (non-hydrogen) atoms. The zero-order valence-corrected chi connectivity index (χ0v) is 16.6. The molecule has 1 saturated heterocycles. The van der Waals surface area contributed by atoms with Crippen molar-refractivity contribution in [3.05, 3.63) is 33.3 Å². The van der Waals surface area contributed by atoms with E-state index in [1.807, 2.05) is 6.92 Å². The molecule has 0 aliphatic carbocycles. The van der Waals surface area contributed by atoms with E-state index in [1.165, 1.54) is 12.1 Å². The van der Waals surface area contributed by atoms with Crippen molar-refractivity contribution >= 4 is 52.3 Å². The minimum atomic E-state index is -0.556. The first kappa shape index (κ1) is 20.3. The highest BCUT2D eigenvalue weighted by Crippen LogP contribution is 2.38. The lowest BCUT2D eigenvalue weighted by molar-refractivity contribution is -0.122. The number of carbonyl (C=O) groups is 3. The van der Waals surface area contributed by atoms with E-state index in [0.717, 1.165) is 10.5 Å². The summed E-state index contributed by atoms with van der Waals surface area (Å²) in [6.45, 7) is 7.59. The van der Waals surface area contributed by atoms with Crippen LogP contribution in [0.15, 0.2) is 23.3 Å². The van der Waals surface area contributed by atoms with Crippen LogP contribution in [0.3, 0.4) is 0 Å². The first-order valence-electron chi connectivity index (χ1n) is 8.24. The van der Waals surface area contributed by atoms with Gasteiger partial charge in [0.2, 0.25) is 11.8 Å². The average molecular weight is 398 g/mol. The van der Waals surface area contributed by atoms with Crippen molar-refractivity contribution in [2.45, 2.75) is 40.2 Å². The maximum Gasteiger partial charge on any atom is 0.261 e. The van der Waals surface area contributed by atoms with Gasteiger partial charge in [-0.3, -0.25) is 14.4 Å². The van der Waals surface area contributed by atoms with Gasteiger partial charge in [-0.15, -0.1) is 0 Å². The van der Waals surface area contributed by atoms with Crippen LogP contribution in [-0.4, -0.2) is 30.3 Å². The van der Waals surface area contributed by atoms with Gasteiger partial charge in [0.05, 0.1) is 27.8 Å². The molecule has 3 amide bonds. The SMILES string of the molecule is CCNC(=O)C(C)Nc1cc(N2C(=O)CC(=C(C)C)C2=O)c(Cl)cc1Cl. The van der Waals surface area contributed by atoms with Crippen molar-refractivity contribution in [1.29, 1.82) is 0 Å². The number of anilines is 2. The van der Waals surface area contributed by atoms with Gasteiger partial charge in [-0.25, -0.2) is 4.90 Å². The molecule has 1 aliphatic rings. The highest BCUT2D eigenvalue weighted by Gasteiger charge is 2.37. The van der Waals surface area contributed by atoms with E-state index in [9.17, 15) is 14.4 Å². The Bertz CT molecular complexity index is 801. The maximum absolute atomic E-state index is 12.6. The Morgan fingerprint density at radius 2 is 1.88 bits per heavy atom. The average Bonchev–Trinajstić information content (AvgIpc) is 2.85. The van der Waals surface area contributed by atoms with Crippen LogP contribution in [0.25, 0.3) is 0 Å². The molecule has 0 bridgehead atoms. The van der Waals surface area contributed by atoms with E-state index in [1.54, 1.807) is 20.8 Å². The molecule has 1 aromatic rings. The predicted molar refractivity (Wildman–Crippen MR) is 104 cm³/mol. The molecule has 0 aromatic heterocycles. The van der Waals surface area contributed by atoms with Gasteiger partial charge < -0.3 is 10.6 Å². The molecule has 0 radical (unpaired) electrons. The fourth-order valence-electron chi connectivity index (χ4n) is 2.63. The summed E-state index contributed by atoms with van der Waals surface area (Å²) in [6, 6.07) is 2.41. The van der Waals surface area contributed by atoms with Crippen LogP contribution >= 0.6 is 23.2 Å². The first-order valence-corrected chi connectivity index (χ1v) is 8.99. The van der Waals surface area contributed by atoms with E-state index in [4.69, 9.17) is 23.2 Å². The Morgan fingerprint density at radius 1 is 1.23 bits per heavy atom. The van der Waals surface area contributed by atoms with E-state index in [-0.39, 0.29) is 39.9 Å². The number of halogens is 2. The third-order valence-electron chi connectivity index (χ3n) is 4.04. The minimum Gasteiger partial charge on any atom is -0.373 e. The van der Waals surface area contributed by atoms with E-state index >= 15 is 0 Å². The molecular weight excluding hydrogens is 377 g/mol. The fourth-order valence-corrected chi connectivity index (χ4v) is 3.16. The summed E-state index contributed by atoms with van der Waals surface area (Å²) in [6.07, 6.45) is 0.0399. The van der Waals surface area contributed by atoms with Gasteiger partial charge in [0.25, 0.3) is 5.91 Å². The number of carbonyl (C=O) groups excluding carboxylic acids is 3. The number of nitrogens with zero attached hydrogens (tertiary/aromatic N) is 1. The molecule has 2 rings (SSSR count). The molecule has 1 aliphatic heterocycles. The summed E-state index contributed by atoms with van der Waals surface area (Å²) in [5.74, 6) is -0.930. The van der Waals surface area contributed by atoms with Gasteiger partial charge in [-0.2, -0.15) is 0 Å². The van der Waals surface area contributed by atoms with Crippen LogP contribution in [0.2, 0.25) is 10.0 Å². The number of imide groups is 1. The van der Waals surface area contributed by atoms with E-state index in [0.29, 0.717) is 17.8 Å². The van der Waals surface area contributed by atoms with Crippen molar-refractivity contribution in [2.75, 3.05) is 16.8 Å². The number of hydrogen-bond acceptors (Lipinski definition) is 4. The maximum atomic E-state index is 12.6. The summed E-state index contributed by atoms with van der Waals surface area (Å²) in [7, 11) is 0. The molecule has 1 unspecified atom stereocenters. The molecule has 1 fully saturated rings. The first-order chi connectivity index (χ1) is 12.2. The number of rotatable bonds is 5. The Hall–Kier alpha value is -2.05. The molecular formula is C18H21Cl2N3O3. The summed E-state index contributed by atoms with van der Waals surface area (Å²) in [5, 5.41) is 6.16. The third kappa shape index (κ3) is 4.02. The van der Waals surface area contributed by atoms with Crippen LogP contribution in [0.5, 0.6) is 0 Å². The van der Waals surface area contributed by atoms with E-state index in [2.05, 4.69) is 10.6 Å². The highest BCUT2D eigenvalue weighted by atomic mass is 35.5. The summed E-state index contributed by atoms with van der Waals surface area (Å²) in [5.41, 5.74) is 1.91. The van der Waals surface area contributed by atoms with Gasteiger partial charge in [-0.05, 0) is 39.8 Å². The lowest BCUT2D eigenvalue weighted by Gasteiger charge is -2.20. The molecule has 8 heteroatoms.